The number of nitriles is 1. The number of hydrogen-bond acceptors (Lipinski definition) is 2. The van der Waals surface area contributed by atoms with Crippen LogP contribution in [-0.4, -0.2) is 0 Å². The zero-order valence-corrected chi connectivity index (χ0v) is 17.0. The van der Waals surface area contributed by atoms with Gasteiger partial charge in [0.05, 0.1) is 11.6 Å². The molecule has 0 unspecified atom stereocenters. The van der Waals surface area contributed by atoms with Crippen molar-refractivity contribution >= 4 is 21.9 Å². The van der Waals surface area contributed by atoms with Crippen molar-refractivity contribution in [2.24, 2.45) is 7.05 Å². The number of pyridine rings is 1. The van der Waals surface area contributed by atoms with E-state index in [2.05, 4.69) is 67.2 Å². The second kappa shape index (κ2) is 7.04. The summed E-state index contributed by atoms with van der Waals surface area (Å²) in [5.74, 6) is 0.483. The summed E-state index contributed by atoms with van der Waals surface area (Å²) in [4.78, 5) is 0. The molecule has 5 rings (SSSR count). The maximum absolute atomic E-state index is 9.85. The molecule has 1 saturated carbocycles. The molecule has 1 fully saturated rings. The smallest absolute Gasteiger partial charge is 0.212 e. The molecule has 0 N–H and O–H groups in total. The first-order chi connectivity index (χ1) is 14.2. The van der Waals surface area contributed by atoms with E-state index in [9.17, 15) is 5.26 Å². The Labute approximate surface area is 171 Å². The van der Waals surface area contributed by atoms with Crippen LogP contribution in [0.2, 0.25) is 0 Å². The van der Waals surface area contributed by atoms with Gasteiger partial charge in [0.2, 0.25) is 5.69 Å². The molecule has 1 aliphatic rings. The maximum Gasteiger partial charge on any atom is 0.212 e. The van der Waals surface area contributed by atoms with Crippen molar-refractivity contribution in [2.75, 3.05) is 0 Å². The van der Waals surface area contributed by atoms with E-state index >= 15 is 0 Å². The molecule has 0 saturated heterocycles. The van der Waals surface area contributed by atoms with Crippen molar-refractivity contribution in [3.63, 3.8) is 0 Å². The number of aryl methyl sites for hydroxylation is 2. The molecule has 29 heavy (non-hydrogen) atoms. The molecule has 2 aromatic heterocycles. The number of hydrogen-bond donors (Lipinski definition) is 0. The largest absolute Gasteiger partial charge is 0.456 e. The van der Waals surface area contributed by atoms with E-state index in [1.54, 1.807) is 0 Å². The van der Waals surface area contributed by atoms with Crippen LogP contribution in [0.3, 0.4) is 0 Å². The monoisotopic (exact) mass is 381 g/mol. The number of aromatic nitrogens is 1. The van der Waals surface area contributed by atoms with E-state index < -0.39 is 0 Å². The minimum atomic E-state index is 0.483. The third kappa shape index (κ3) is 3.00. The summed E-state index contributed by atoms with van der Waals surface area (Å²) in [6, 6.07) is 17.2. The van der Waals surface area contributed by atoms with Gasteiger partial charge < -0.3 is 4.42 Å². The minimum Gasteiger partial charge on any atom is -0.456 e. The van der Waals surface area contributed by atoms with Crippen molar-refractivity contribution in [3.05, 3.63) is 65.4 Å². The fraction of sp³-hybridized carbons (Fsp3) is 0.308. The predicted octanol–water partition coefficient (Wildman–Crippen LogP) is 6.31. The van der Waals surface area contributed by atoms with Gasteiger partial charge in [-0.3, -0.25) is 0 Å². The van der Waals surface area contributed by atoms with E-state index in [0.717, 1.165) is 27.5 Å². The van der Waals surface area contributed by atoms with Gasteiger partial charge in [-0.05, 0) is 67.1 Å². The summed E-state index contributed by atoms with van der Waals surface area (Å²) in [5.41, 5.74) is 7.31. The van der Waals surface area contributed by atoms with Crippen molar-refractivity contribution in [1.29, 1.82) is 5.26 Å². The molecule has 144 valence electrons. The van der Waals surface area contributed by atoms with Crippen LogP contribution in [0.5, 0.6) is 0 Å². The molecule has 2 heterocycles. The quantitative estimate of drug-likeness (QED) is 0.382. The van der Waals surface area contributed by atoms with Crippen LogP contribution in [0, 0.1) is 18.3 Å². The average molecular weight is 381 g/mol. The molecule has 2 aromatic carbocycles. The molecule has 4 aromatic rings. The van der Waals surface area contributed by atoms with Gasteiger partial charge in [-0.25, -0.2) is 4.57 Å². The molecule has 3 heteroatoms. The Morgan fingerprint density at radius 1 is 1.00 bits per heavy atom. The highest BCUT2D eigenvalue weighted by Gasteiger charge is 2.22. The van der Waals surface area contributed by atoms with Gasteiger partial charge in [0, 0.05) is 28.5 Å². The highest BCUT2D eigenvalue weighted by molar-refractivity contribution is 6.07. The summed E-state index contributed by atoms with van der Waals surface area (Å²) in [7, 11) is 2.07. The van der Waals surface area contributed by atoms with Gasteiger partial charge in [0.25, 0.3) is 0 Å². The molecule has 0 spiro atoms. The number of nitrogens with zero attached hydrogens (tertiary/aromatic N) is 2. The molecule has 1 aliphatic carbocycles. The highest BCUT2D eigenvalue weighted by atomic mass is 16.3. The lowest BCUT2D eigenvalue weighted by Crippen LogP contribution is -2.30. The highest BCUT2D eigenvalue weighted by Crippen LogP contribution is 2.39. The lowest BCUT2D eigenvalue weighted by molar-refractivity contribution is -0.660. The van der Waals surface area contributed by atoms with Crippen LogP contribution in [-0.2, 0) is 7.05 Å². The summed E-state index contributed by atoms with van der Waals surface area (Å²) in [6.45, 7) is 2.13. The number of benzene rings is 2. The van der Waals surface area contributed by atoms with Gasteiger partial charge in [-0.2, -0.15) is 5.26 Å². The summed E-state index contributed by atoms with van der Waals surface area (Å²) in [5, 5.41) is 12.0. The first kappa shape index (κ1) is 17.9. The Morgan fingerprint density at radius 3 is 2.52 bits per heavy atom. The van der Waals surface area contributed by atoms with E-state index in [-0.39, 0.29) is 0 Å². The van der Waals surface area contributed by atoms with Crippen molar-refractivity contribution in [1.82, 2.24) is 0 Å². The van der Waals surface area contributed by atoms with Gasteiger partial charge in [-0.1, -0.05) is 19.3 Å². The molecule has 0 amide bonds. The predicted molar refractivity (Wildman–Crippen MR) is 116 cm³/mol. The third-order valence-electron chi connectivity index (χ3n) is 6.48. The van der Waals surface area contributed by atoms with Gasteiger partial charge in [0.1, 0.15) is 18.2 Å². The Kier molecular flexibility index (Phi) is 4.36. The second-order valence-corrected chi connectivity index (χ2v) is 8.34. The van der Waals surface area contributed by atoms with Crippen LogP contribution in [0.15, 0.2) is 53.1 Å². The first-order valence-electron chi connectivity index (χ1n) is 10.5. The summed E-state index contributed by atoms with van der Waals surface area (Å²) < 4.78 is 8.41. The lowest BCUT2D eigenvalue weighted by atomic mass is 9.82. The third-order valence-corrected chi connectivity index (χ3v) is 6.48. The molecule has 3 nitrogen and oxygen atoms in total. The zero-order chi connectivity index (χ0) is 20.0. The van der Waals surface area contributed by atoms with E-state index in [1.165, 1.54) is 54.5 Å². The van der Waals surface area contributed by atoms with Crippen molar-refractivity contribution in [2.45, 2.75) is 44.9 Å². The number of furan rings is 1. The van der Waals surface area contributed by atoms with Gasteiger partial charge in [0.15, 0.2) is 6.20 Å². The standard InChI is InChI=1S/C26H25N2O/c1-17-12-25-23(14-20(17)24-10-6-7-11-28(24)2)22-13-19(16-27)21(15-26(22)29-25)18-8-4-3-5-9-18/h6-7,10-15,18H,3-5,8-9H2,1-2H3/q+1. The van der Waals surface area contributed by atoms with E-state index in [4.69, 9.17) is 4.42 Å². The topological polar surface area (TPSA) is 40.8 Å². The van der Waals surface area contributed by atoms with Gasteiger partial charge in [-0.15, -0.1) is 0 Å². The Bertz CT molecular complexity index is 1270. The second-order valence-electron chi connectivity index (χ2n) is 8.34. The zero-order valence-electron chi connectivity index (χ0n) is 17.0. The molecular weight excluding hydrogens is 356 g/mol. The number of fused-ring (bicyclic) bond motifs is 3. The Hall–Kier alpha value is -3.12. The lowest BCUT2D eigenvalue weighted by Gasteiger charge is -2.22. The van der Waals surface area contributed by atoms with Crippen LogP contribution in [0.1, 0.15) is 54.7 Å². The SMILES string of the molecule is Cc1cc2oc3cc(C4CCCCC4)c(C#N)cc3c2cc1-c1cccc[n+]1C. The fourth-order valence-corrected chi connectivity index (χ4v) is 4.91. The average Bonchev–Trinajstić information content (AvgIpc) is 3.09. The van der Waals surface area contributed by atoms with E-state index in [0.29, 0.717) is 5.92 Å². The Balaban J connectivity index is 1.73. The first-order valence-corrected chi connectivity index (χ1v) is 10.5. The molecule has 0 aliphatic heterocycles. The Morgan fingerprint density at radius 2 is 1.76 bits per heavy atom. The van der Waals surface area contributed by atoms with Gasteiger partial charge >= 0.3 is 0 Å². The van der Waals surface area contributed by atoms with Crippen LogP contribution >= 0.6 is 0 Å². The fourth-order valence-electron chi connectivity index (χ4n) is 4.91. The summed E-state index contributed by atoms with van der Waals surface area (Å²) in [6.07, 6.45) is 8.23. The van der Waals surface area contributed by atoms with Crippen molar-refractivity contribution in [3.8, 4) is 17.3 Å². The maximum atomic E-state index is 9.85. The van der Waals surface area contributed by atoms with Crippen LogP contribution < -0.4 is 4.57 Å². The molecule has 0 radical (unpaired) electrons. The summed E-state index contributed by atoms with van der Waals surface area (Å²) >= 11 is 0. The van der Waals surface area contributed by atoms with Crippen LogP contribution in [0.4, 0.5) is 0 Å². The normalized spacial score (nSPS) is 15.1. The molecule has 0 atom stereocenters. The minimum absolute atomic E-state index is 0.483. The molecular formula is C26H25N2O+. The van der Waals surface area contributed by atoms with Crippen LogP contribution in [0.25, 0.3) is 33.2 Å². The molecule has 0 bridgehead atoms. The number of rotatable bonds is 2. The van der Waals surface area contributed by atoms with E-state index in [1.807, 2.05) is 6.07 Å². The van der Waals surface area contributed by atoms with Crippen molar-refractivity contribution < 1.29 is 8.98 Å².